The molecule has 4 heteroatoms. The Kier molecular flexibility index (Phi) is 3.88. The highest BCUT2D eigenvalue weighted by Gasteiger charge is 2.33. The van der Waals surface area contributed by atoms with E-state index in [1.807, 2.05) is 0 Å². The standard InChI is InChI=1S/C12H15O4/c1-5-6-8-7(2)9(13)11(15-3)12(16-4)10(8)14/h1,5-6H2,2-4H3. The van der Waals surface area contributed by atoms with E-state index in [0.29, 0.717) is 24.0 Å². The van der Waals surface area contributed by atoms with Gasteiger partial charge in [0.2, 0.25) is 23.1 Å². The topological polar surface area (TPSA) is 52.6 Å². The molecule has 0 aromatic rings. The van der Waals surface area contributed by atoms with Crippen LogP contribution in [-0.4, -0.2) is 25.8 Å². The van der Waals surface area contributed by atoms with Gasteiger partial charge in [0.25, 0.3) is 0 Å². The Bertz CT molecular complexity index is 388. The summed E-state index contributed by atoms with van der Waals surface area (Å²) in [4.78, 5) is 23.8. The van der Waals surface area contributed by atoms with Crippen LogP contribution in [0.5, 0.6) is 0 Å². The van der Waals surface area contributed by atoms with Crippen molar-refractivity contribution in [3.8, 4) is 0 Å². The van der Waals surface area contributed by atoms with E-state index >= 15 is 0 Å². The predicted octanol–water partition coefficient (Wildman–Crippen LogP) is 1.57. The highest BCUT2D eigenvalue weighted by atomic mass is 16.5. The van der Waals surface area contributed by atoms with Crippen molar-refractivity contribution in [3.63, 3.8) is 0 Å². The maximum absolute atomic E-state index is 12.0. The smallest absolute Gasteiger partial charge is 0.228 e. The lowest BCUT2D eigenvalue weighted by molar-refractivity contribution is -0.121. The first kappa shape index (κ1) is 12.5. The quantitative estimate of drug-likeness (QED) is 0.679. The predicted molar refractivity (Wildman–Crippen MR) is 58.3 cm³/mol. The zero-order valence-electron chi connectivity index (χ0n) is 9.75. The van der Waals surface area contributed by atoms with Gasteiger partial charge in [0.05, 0.1) is 14.2 Å². The normalized spacial score (nSPS) is 17.0. The van der Waals surface area contributed by atoms with Gasteiger partial charge in [-0.1, -0.05) is 6.92 Å². The van der Waals surface area contributed by atoms with Gasteiger partial charge in [-0.05, 0) is 19.8 Å². The van der Waals surface area contributed by atoms with E-state index in [9.17, 15) is 9.59 Å². The Hall–Kier alpha value is -1.58. The molecular formula is C12H15O4. The molecule has 0 aromatic heterocycles. The number of hydrogen-bond donors (Lipinski definition) is 0. The molecule has 0 atom stereocenters. The van der Waals surface area contributed by atoms with Crippen molar-refractivity contribution in [1.82, 2.24) is 0 Å². The lowest BCUT2D eigenvalue weighted by Crippen LogP contribution is -2.24. The average molecular weight is 223 g/mol. The minimum absolute atomic E-state index is 0.0125. The monoisotopic (exact) mass is 223 g/mol. The summed E-state index contributed by atoms with van der Waals surface area (Å²) in [6.07, 6.45) is 1.03. The molecule has 0 N–H and O–H groups in total. The summed E-state index contributed by atoms with van der Waals surface area (Å²) in [5, 5.41) is 0. The molecule has 0 unspecified atom stereocenters. The van der Waals surface area contributed by atoms with Crippen LogP contribution < -0.4 is 0 Å². The molecule has 0 spiro atoms. The van der Waals surface area contributed by atoms with Gasteiger partial charge < -0.3 is 9.47 Å². The zero-order valence-corrected chi connectivity index (χ0v) is 9.75. The molecule has 0 saturated heterocycles. The first-order valence-corrected chi connectivity index (χ1v) is 4.99. The second kappa shape index (κ2) is 4.96. The fraction of sp³-hybridized carbons (Fsp3) is 0.417. The summed E-state index contributed by atoms with van der Waals surface area (Å²) in [5.74, 6) is -0.595. The van der Waals surface area contributed by atoms with Gasteiger partial charge in [-0.2, -0.15) is 0 Å². The van der Waals surface area contributed by atoms with E-state index in [0.717, 1.165) is 0 Å². The van der Waals surface area contributed by atoms with Gasteiger partial charge in [-0.25, -0.2) is 0 Å². The van der Waals surface area contributed by atoms with Crippen LogP contribution in [0.1, 0.15) is 19.8 Å². The summed E-state index contributed by atoms with van der Waals surface area (Å²) >= 11 is 0. The van der Waals surface area contributed by atoms with E-state index in [-0.39, 0.29) is 23.1 Å². The third-order valence-corrected chi connectivity index (χ3v) is 2.52. The molecule has 0 aromatic carbocycles. The molecular weight excluding hydrogens is 208 g/mol. The lowest BCUT2D eigenvalue weighted by atomic mass is 9.90. The number of Topliss-reactive ketones (excluding diaryl/α,β-unsaturated/α-hetero) is 2. The van der Waals surface area contributed by atoms with Crippen molar-refractivity contribution in [1.29, 1.82) is 0 Å². The Labute approximate surface area is 94.9 Å². The van der Waals surface area contributed by atoms with Gasteiger partial charge >= 0.3 is 0 Å². The van der Waals surface area contributed by atoms with Crippen molar-refractivity contribution in [3.05, 3.63) is 29.6 Å². The minimum atomic E-state index is -0.289. The van der Waals surface area contributed by atoms with Gasteiger partial charge in [0.1, 0.15) is 0 Å². The van der Waals surface area contributed by atoms with E-state index < -0.39 is 0 Å². The number of allylic oxidation sites excluding steroid dienone is 2. The summed E-state index contributed by atoms with van der Waals surface area (Å²) < 4.78 is 9.84. The first-order chi connectivity index (χ1) is 7.58. The highest BCUT2D eigenvalue weighted by molar-refractivity contribution is 6.23. The van der Waals surface area contributed by atoms with Crippen LogP contribution in [0.2, 0.25) is 0 Å². The molecule has 0 amide bonds. The fourth-order valence-electron chi connectivity index (χ4n) is 1.67. The molecule has 1 aliphatic carbocycles. The molecule has 0 bridgehead atoms. The van der Waals surface area contributed by atoms with E-state index in [4.69, 9.17) is 9.47 Å². The van der Waals surface area contributed by atoms with Crippen LogP contribution in [0.3, 0.4) is 0 Å². The van der Waals surface area contributed by atoms with Crippen LogP contribution in [-0.2, 0) is 19.1 Å². The fourth-order valence-corrected chi connectivity index (χ4v) is 1.67. The number of ketones is 2. The largest absolute Gasteiger partial charge is 0.489 e. The first-order valence-electron chi connectivity index (χ1n) is 4.99. The van der Waals surface area contributed by atoms with Crippen LogP contribution in [0.4, 0.5) is 0 Å². The third-order valence-electron chi connectivity index (χ3n) is 2.52. The van der Waals surface area contributed by atoms with Gasteiger partial charge in [-0.15, -0.1) is 0 Å². The summed E-state index contributed by atoms with van der Waals surface area (Å²) in [6, 6.07) is 0. The molecule has 1 radical (unpaired) electrons. The molecule has 0 aliphatic heterocycles. The number of carbonyl (C=O) groups is 2. The molecule has 0 heterocycles. The van der Waals surface area contributed by atoms with Crippen LogP contribution in [0.25, 0.3) is 0 Å². The minimum Gasteiger partial charge on any atom is -0.489 e. The van der Waals surface area contributed by atoms with E-state index in [2.05, 4.69) is 6.92 Å². The molecule has 1 aliphatic rings. The Morgan fingerprint density at radius 1 is 1.06 bits per heavy atom. The third kappa shape index (κ3) is 1.87. The summed E-state index contributed by atoms with van der Waals surface area (Å²) in [6.45, 7) is 5.30. The van der Waals surface area contributed by atoms with Gasteiger partial charge in [-0.3, -0.25) is 9.59 Å². The number of ether oxygens (including phenoxy) is 2. The number of hydrogen-bond acceptors (Lipinski definition) is 4. The SMILES string of the molecule is [CH2]CCC1=C(C)C(=O)C(OC)=C(OC)C1=O. The average Bonchev–Trinajstić information content (AvgIpc) is 2.29. The summed E-state index contributed by atoms with van der Waals surface area (Å²) in [5.41, 5.74) is 0.893. The van der Waals surface area contributed by atoms with Crippen molar-refractivity contribution in [2.24, 2.45) is 0 Å². The van der Waals surface area contributed by atoms with Crippen LogP contribution in [0.15, 0.2) is 22.7 Å². The molecule has 87 valence electrons. The van der Waals surface area contributed by atoms with Crippen molar-refractivity contribution < 1.29 is 19.1 Å². The van der Waals surface area contributed by atoms with E-state index in [1.54, 1.807) is 6.92 Å². The number of carbonyl (C=O) groups excluding carboxylic acids is 2. The second-order valence-corrected chi connectivity index (χ2v) is 3.43. The maximum atomic E-state index is 12.0. The molecule has 16 heavy (non-hydrogen) atoms. The zero-order chi connectivity index (χ0) is 12.3. The van der Waals surface area contributed by atoms with Crippen molar-refractivity contribution in [2.75, 3.05) is 14.2 Å². The Balaban J connectivity index is 3.25. The molecule has 4 nitrogen and oxygen atoms in total. The lowest BCUT2D eigenvalue weighted by Gasteiger charge is -2.19. The molecule has 0 saturated carbocycles. The highest BCUT2D eigenvalue weighted by Crippen LogP contribution is 2.27. The Morgan fingerprint density at radius 2 is 1.56 bits per heavy atom. The van der Waals surface area contributed by atoms with E-state index in [1.165, 1.54) is 14.2 Å². The molecule has 1 rings (SSSR count). The number of methoxy groups -OCH3 is 2. The van der Waals surface area contributed by atoms with Crippen LogP contribution >= 0.6 is 0 Å². The molecule has 0 fully saturated rings. The van der Waals surface area contributed by atoms with Crippen molar-refractivity contribution in [2.45, 2.75) is 19.8 Å². The maximum Gasteiger partial charge on any atom is 0.228 e. The summed E-state index contributed by atoms with van der Waals surface area (Å²) in [7, 11) is 2.70. The van der Waals surface area contributed by atoms with Gasteiger partial charge in [0.15, 0.2) is 0 Å². The second-order valence-electron chi connectivity index (χ2n) is 3.43. The Morgan fingerprint density at radius 3 is 2.00 bits per heavy atom. The number of rotatable bonds is 4. The van der Waals surface area contributed by atoms with Gasteiger partial charge in [0, 0.05) is 11.1 Å². The van der Waals surface area contributed by atoms with Crippen molar-refractivity contribution >= 4 is 11.6 Å². The van der Waals surface area contributed by atoms with Crippen LogP contribution in [0, 0.1) is 6.92 Å².